The number of hydrogen-bond acceptors (Lipinski definition) is 4. The number of anilines is 1. The van der Waals surface area contributed by atoms with Crippen LogP contribution in [0.1, 0.15) is 34.0 Å². The van der Waals surface area contributed by atoms with Gasteiger partial charge in [-0.1, -0.05) is 30.3 Å². The Bertz CT molecular complexity index is 1030. The molecule has 30 heavy (non-hydrogen) atoms. The minimum atomic E-state index is -0.725. The Hall–Kier alpha value is -3.67. The molecule has 1 atom stereocenters. The van der Waals surface area contributed by atoms with Gasteiger partial charge in [0.2, 0.25) is 0 Å². The second kappa shape index (κ2) is 9.69. The summed E-state index contributed by atoms with van der Waals surface area (Å²) in [4.78, 5) is 29.4. The molecule has 6 heteroatoms. The molecule has 3 aromatic rings. The molecule has 3 rings (SSSR count). The van der Waals surface area contributed by atoms with Crippen LogP contribution in [-0.2, 0) is 11.3 Å². The predicted molar refractivity (Wildman–Crippen MR) is 116 cm³/mol. The van der Waals surface area contributed by atoms with Gasteiger partial charge in [0.1, 0.15) is 5.75 Å². The first-order chi connectivity index (χ1) is 14.4. The van der Waals surface area contributed by atoms with E-state index in [1.807, 2.05) is 44.2 Å². The molecule has 0 aliphatic rings. The lowest BCUT2D eigenvalue weighted by Crippen LogP contribution is -2.32. The highest BCUT2D eigenvalue weighted by Gasteiger charge is 2.19. The van der Waals surface area contributed by atoms with Gasteiger partial charge in [-0.25, -0.2) is 0 Å². The number of nitrogens with one attached hydrogen (secondary N) is 2. The summed E-state index contributed by atoms with van der Waals surface area (Å²) < 4.78 is 5.85. The molecule has 0 saturated carbocycles. The standard InChI is InChI=1S/C24H25N3O3/c1-16-10-11-17(2)22(13-16)30-18(3)23(28)27-21-9-5-4-8-20(21)24(29)26-15-19-7-6-12-25-14-19/h4-14,18H,15H2,1-3H3,(H,26,29)(H,27,28)/t18-/m1/s1. The highest BCUT2D eigenvalue weighted by atomic mass is 16.5. The molecule has 0 fully saturated rings. The van der Waals surface area contributed by atoms with E-state index in [1.54, 1.807) is 43.6 Å². The molecule has 0 aliphatic heterocycles. The molecule has 0 unspecified atom stereocenters. The van der Waals surface area contributed by atoms with E-state index in [4.69, 9.17) is 4.74 Å². The van der Waals surface area contributed by atoms with Crippen molar-refractivity contribution >= 4 is 17.5 Å². The van der Waals surface area contributed by atoms with Crippen LogP contribution in [0.25, 0.3) is 0 Å². The second-order valence-electron chi connectivity index (χ2n) is 7.11. The van der Waals surface area contributed by atoms with Gasteiger partial charge in [-0.2, -0.15) is 0 Å². The Morgan fingerprint density at radius 3 is 2.63 bits per heavy atom. The van der Waals surface area contributed by atoms with Crippen molar-refractivity contribution in [2.75, 3.05) is 5.32 Å². The highest BCUT2D eigenvalue weighted by Crippen LogP contribution is 2.21. The van der Waals surface area contributed by atoms with E-state index in [9.17, 15) is 9.59 Å². The lowest BCUT2D eigenvalue weighted by molar-refractivity contribution is -0.122. The number of pyridine rings is 1. The summed E-state index contributed by atoms with van der Waals surface area (Å²) in [7, 11) is 0. The summed E-state index contributed by atoms with van der Waals surface area (Å²) in [5.74, 6) is 0.0569. The zero-order chi connectivity index (χ0) is 21.5. The number of ether oxygens (including phenoxy) is 1. The Morgan fingerprint density at radius 2 is 1.87 bits per heavy atom. The number of aromatic nitrogens is 1. The first-order valence-corrected chi connectivity index (χ1v) is 9.75. The fourth-order valence-corrected chi connectivity index (χ4v) is 2.88. The third kappa shape index (κ3) is 5.44. The van der Waals surface area contributed by atoms with Crippen molar-refractivity contribution in [3.05, 3.63) is 89.2 Å². The van der Waals surface area contributed by atoms with Gasteiger partial charge in [0.25, 0.3) is 11.8 Å². The number of carbonyl (C=O) groups is 2. The summed E-state index contributed by atoms with van der Waals surface area (Å²) >= 11 is 0. The van der Waals surface area contributed by atoms with Crippen molar-refractivity contribution in [3.8, 4) is 5.75 Å². The van der Waals surface area contributed by atoms with E-state index in [0.717, 1.165) is 16.7 Å². The molecule has 0 bridgehead atoms. The van der Waals surface area contributed by atoms with Gasteiger partial charge in [0.15, 0.2) is 6.10 Å². The minimum Gasteiger partial charge on any atom is -0.481 e. The summed E-state index contributed by atoms with van der Waals surface area (Å²) in [6.07, 6.45) is 2.65. The monoisotopic (exact) mass is 403 g/mol. The molecule has 0 saturated heterocycles. The number of benzene rings is 2. The molecular weight excluding hydrogens is 378 g/mol. The van der Waals surface area contributed by atoms with Crippen LogP contribution in [0.15, 0.2) is 67.0 Å². The van der Waals surface area contributed by atoms with E-state index >= 15 is 0 Å². The lowest BCUT2D eigenvalue weighted by Gasteiger charge is -2.18. The SMILES string of the molecule is Cc1ccc(C)c(O[C@H](C)C(=O)Nc2ccccc2C(=O)NCc2cccnc2)c1. The summed E-state index contributed by atoms with van der Waals surface area (Å²) in [5.41, 5.74) is 3.72. The van der Waals surface area contributed by atoms with Crippen LogP contribution in [0, 0.1) is 13.8 Å². The molecule has 0 radical (unpaired) electrons. The number of aryl methyl sites for hydroxylation is 2. The van der Waals surface area contributed by atoms with Gasteiger partial charge in [-0.15, -0.1) is 0 Å². The zero-order valence-corrected chi connectivity index (χ0v) is 17.3. The van der Waals surface area contributed by atoms with E-state index in [2.05, 4.69) is 15.6 Å². The van der Waals surface area contributed by atoms with Crippen LogP contribution in [0.4, 0.5) is 5.69 Å². The average Bonchev–Trinajstić information content (AvgIpc) is 2.75. The number of hydrogen-bond donors (Lipinski definition) is 2. The molecule has 2 N–H and O–H groups in total. The second-order valence-corrected chi connectivity index (χ2v) is 7.11. The molecule has 1 aromatic heterocycles. The summed E-state index contributed by atoms with van der Waals surface area (Å²) in [6.45, 7) is 5.93. The number of carbonyl (C=O) groups excluding carboxylic acids is 2. The van der Waals surface area contributed by atoms with Crippen molar-refractivity contribution in [3.63, 3.8) is 0 Å². The van der Waals surface area contributed by atoms with Crippen LogP contribution in [-0.4, -0.2) is 22.9 Å². The number of rotatable bonds is 7. The van der Waals surface area contributed by atoms with Crippen LogP contribution in [0.5, 0.6) is 5.75 Å². The molecule has 2 aromatic carbocycles. The Kier molecular flexibility index (Phi) is 6.80. The van der Waals surface area contributed by atoms with Crippen LogP contribution < -0.4 is 15.4 Å². The van der Waals surface area contributed by atoms with E-state index in [-0.39, 0.29) is 11.8 Å². The van der Waals surface area contributed by atoms with Crippen molar-refractivity contribution in [2.45, 2.75) is 33.4 Å². The third-order valence-corrected chi connectivity index (χ3v) is 4.62. The van der Waals surface area contributed by atoms with Crippen molar-refractivity contribution < 1.29 is 14.3 Å². The molecule has 2 amide bonds. The fourth-order valence-electron chi connectivity index (χ4n) is 2.88. The topological polar surface area (TPSA) is 80.3 Å². The van der Waals surface area contributed by atoms with Gasteiger partial charge in [0, 0.05) is 18.9 Å². The van der Waals surface area contributed by atoms with Gasteiger partial charge in [-0.3, -0.25) is 14.6 Å². The Balaban J connectivity index is 1.66. The van der Waals surface area contributed by atoms with Crippen LogP contribution in [0.2, 0.25) is 0 Å². The first kappa shape index (κ1) is 21.0. The van der Waals surface area contributed by atoms with Gasteiger partial charge in [-0.05, 0) is 61.7 Å². The van der Waals surface area contributed by atoms with E-state index in [0.29, 0.717) is 23.5 Å². The van der Waals surface area contributed by atoms with Gasteiger partial charge < -0.3 is 15.4 Å². The normalized spacial score (nSPS) is 11.4. The summed E-state index contributed by atoms with van der Waals surface area (Å²) in [5, 5.41) is 5.66. The van der Waals surface area contributed by atoms with Crippen LogP contribution in [0.3, 0.4) is 0 Å². The number of nitrogens with zero attached hydrogens (tertiary/aromatic N) is 1. The number of para-hydroxylation sites is 1. The fraction of sp³-hybridized carbons (Fsp3) is 0.208. The van der Waals surface area contributed by atoms with E-state index < -0.39 is 6.10 Å². The average molecular weight is 403 g/mol. The maximum absolute atomic E-state index is 12.7. The molecule has 154 valence electrons. The minimum absolute atomic E-state index is 0.280. The summed E-state index contributed by atoms with van der Waals surface area (Å²) in [6, 6.07) is 16.4. The molecule has 6 nitrogen and oxygen atoms in total. The number of amides is 2. The molecule has 0 spiro atoms. The highest BCUT2D eigenvalue weighted by molar-refractivity contribution is 6.04. The Labute approximate surface area is 176 Å². The molecule has 0 aliphatic carbocycles. The largest absolute Gasteiger partial charge is 0.481 e. The maximum Gasteiger partial charge on any atom is 0.265 e. The van der Waals surface area contributed by atoms with Gasteiger partial charge >= 0.3 is 0 Å². The molecular formula is C24H25N3O3. The Morgan fingerprint density at radius 1 is 1.07 bits per heavy atom. The third-order valence-electron chi connectivity index (χ3n) is 4.62. The molecule has 1 heterocycles. The smallest absolute Gasteiger partial charge is 0.265 e. The maximum atomic E-state index is 12.7. The van der Waals surface area contributed by atoms with E-state index in [1.165, 1.54) is 0 Å². The van der Waals surface area contributed by atoms with Crippen LogP contribution >= 0.6 is 0 Å². The van der Waals surface area contributed by atoms with Crippen molar-refractivity contribution in [1.29, 1.82) is 0 Å². The van der Waals surface area contributed by atoms with Gasteiger partial charge in [0.05, 0.1) is 11.3 Å². The van der Waals surface area contributed by atoms with Crippen molar-refractivity contribution in [1.82, 2.24) is 10.3 Å². The van der Waals surface area contributed by atoms with Crippen molar-refractivity contribution in [2.24, 2.45) is 0 Å². The zero-order valence-electron chi connectivity index (χ0n) is 17.3. The lowest BCUT2D eigenvalue weighted by atomic mass is 10.1. The quantitative estimate of drug-likeness (QED) is 0.624. The first-order valence-electron chi connectivity index (χ1n) is 9.75. The predicted octanol–water partition coefficient (Wildman–Crippen LogP) is 4.03.